The van der Waals surface area contributed by atoms with Crippen LogP contribution in [0.25, 0.3) is 0 Å². The van der Waals surface area contributed by atoms with Crippen LogP contribution >= 0.6 is 0 Å². The van der Waals surface area contributed by atoms with Gasteiger partial charge in [-0.15, -0.1) is 0 Å². The van der Waals surface area contributed by atoms with Crippen LogP contribution in [0.3, 0.4) is 0 Å². The van der Waals surface area contributed by atoms with Crippen molar-refractivity contribution in [2.75, 3.05) is 13.1 Å². The van der Waals surface area contributed by atoms with Gasteiger partial charge >= 0.3 is 0 Å². The number of aliphatic imine (C=N–C) groups is 2. The van der Waals surface area contributed by atoms with Gasteiger partial charge in [0.1, 0.15) is 24.0 Å². The third-order valence-corrected chi connectivity index (χ3v) is 6.87. The number of amidine groups is 1. The van der Waals surface area contributed by atoms with Crippen LogP contribution in [0.5, 0.6) is 0 Å². The number of nitrogen functional groups attached to an aromatic ring is 1. The van der Waals surface area contributed by atoms with E-state index in [0.29, 0.717) is 18.4 Å². The van der Waals surface area contributed by atoms with Crippen LogP contribution in [0.15, 0.2) is 64.6 Å². The van der Waals surface area contributed by atoms with Crippen LogP contribution in [0.4, 0.5) is 0 Å². The predicted octanol–water partition coefficient (Wildman–Crippen LogP) is -1.59. The molecule has 0 fully saturated rings. The van der Waals surface area contributed by atoms with Crippen molar-refractivity contribution >= 4 is 41.4 Å². The van der Waals surface area contributed by atoms with Crippen LogP contribution in [-0.2, 0) is 32.1 Å². The van der Waals surface area contributed by atoms with E-state index in [2.05, 4.69) is 31.3 Å². The minimum atomic E-state index is -1.05. The fourth-order valence-electron chi connectivity index (χ4n) is 4.36. The van der Waals surface area contributed by atoms with Gasteiger partial charge in [0, 0.05) is 25.2 Å². The Balaban J connectivity index is 2.07. The fourth-order valence-corrected chi connectivity index (χ4v) is 4.36. The molecule has 0 unspecified atom stereocenters. The second kappa shape index (κ2) is 19.7. The number of nitrogens with two attached hydrogens (primary N) is 5. The summed E-state index contributed by atoms with van der Waals surface area (Å²) in [5.41, 5.74) is 29.1. The molecular formula is C31H46N12O4. The number of benzene rings is 2. The lowest BCUT2D eigenvalue weighted by Gasteiger charge is -2.23. The van der Waals surface area contributed by atoms with E-state index in [1.54, 1.807) is 36.4 Å². The zero-order chi connectivity index (χ0) is 34.8. The third kappa shape index (κ3) is 14.8. The number of rotatable bonds is 19. The molecule has 2 aromatic carbocycles. The Hall–Kier alpha value is -5.67. The summed E-state index contributed by atoms with van der Waals surface area (Å²) in [7, 11) is 0. The summed E-state index contributed by atoms with van der Waals surface area (Å²) in [6.45, 7) is 2.12. The molecule has 3 atom stereocenters. The van der Waals surface area contributed by atoms with Crippen LogP contribution in [0, 0.1) is 5.41 Å². The van der Waals surface area contributed by atoms with E-state index in [1.807, 2.05) is 18.2 Å². The first-order chi connectivity index (χ1) is 22.3. The Morgan fingerprint density at radius 3 is 1.79 bits per heavy atom. The lowest BCUT2D eigenvalue weighted by Crippen LogP contribution is -2.55. The molecule has 16 nitrogen and oxygen atoms in total. The normalized spacial score (nSPS) is 12.4. The SMILES string of the molecule is C[C@@H](NC(=O)[C@H](CCCN=C(N)N)NC(=O)Cc1ccccc1)C(=O)N[C@@H](CCCN=C(N)N)C(=O)NCc1ccc(C(=N)N)cc1. The van der Waals surface area contributed by atoms with Crippen LogP contribution in [0.1, 0.15) is 49.3 Å². The van der Waals surface area contributed by atoms with Crippen molar-refractivity contribution in [3.05, 3.63) is 71.3 Å². The summed E-state index contributed by atoms with van der Waals surface area (Å²) in [6, 6.07) is 12.9. The largest absolute Gasteiger partial charge is 0.384 e. The second-order valence-electron chi connectivity index (χ2n) is 10.8. The molecule has 47 heavy (non-hydrogen) atoms. The highest BCUT2D eigenvalue weighted by atomic mass is 16.2. The van der Waals surface area contributed by atoms with Crippen molar-refractivity contribution < 1.29 is 19.2 Å². The monoisotopic (exact) mass is 650 g/mol. The summed E-state index contributed by atoms with van der Waals surface area (Å²) in [5, 5.41) is 18.4. The van der Waals surface area contributed by atoms with Gasteiger partial charge in [-0.2, -0.15) is 0 Å². The summed E-state index contributed by atoms with van der Waals surface area (Å²) in [6.07, 6.45) is 1.25. The van der Waals surface area contributed by atoms with Gasteiger partial charge in [-0.05, 0) is 43.7 Å². The minimum absolute atomic E-state index is 0.0616. The third-order valence-electron chi connectivity index (χ3n) is 6.87. The number of hydrogen-bond acceptors (Lipinski definition) is 7. The van der Waals surface area contributed by atoms with Crippen LogP contribution in [0.2, 0.25) is 0 Å². The lowest BCUT2D eigenvalue weighted by molar-refractivity contribution is -0.133. The van der Waals surface area contributed by atoms with Gasteiger partial charge in [0.2, 0.25) is 23.6 Å². The fraction of sp³-hybridized carbons (Fsp3) is 0.387. The maximum atomic E-state index is 13.3. The van der Waals surface area contributed by atoms with Gasteiger partial charge in [0.25, 0.3) is 0 Å². The Morgan fingerprint density at radius 2 is 1.26 bits per heavy atom. The first kappa shape index (κ1) is 37.5. The number of guanidine groups is 2. The number of amides is 4. The highest BCUT2D eigenvalue weighted by Crippen LogP contribution is 2.07. The van der Waals surface area contributed by atoms with Crippen molar-refractivity contribution in [1.82, 2.24) is 21.3 Å². The van der Waals surface area contributed by atoms with E-state index in [-0.39, 0.29) is 62.6 Å². The highest BCUT2D eigenvalue weighted by molar-refractivity contribution is 5.95. The number of nitrogens with one attached hydrogen (secondary N) is 5. The zero-order valence-corrected chi connectivity index (χ0v) is 26.5. The van der Waals surface area contributed by atoms with Crippen molar-refractivity contribution in [3.8, 4) is 0 Å². The Morgan fingerprint density at radius 1 is 0.702 bits per heavy atom. The highest BCUT2D eigenvalue weighted by Gasteiger charge is 2.27. The maximum absolute atomic E-state index is 13.3. The lowest BCUT2D eigenvalue weighted by atomic mass is 10.1. The van der Waals surface area contributed by atoms with Gasteiger partial charge in [-0.1, -0.05) is 54.6 Å². The van der Waals surface area contributed by atoms with Gasteiger partial charge in [-0.25, -0.2) is 0 Å². The molecule has 254 valence electrons. The first-order valence-electron chi connectivity index (χ1n) is 15.1. The van der Waals surface area contributed by atoms with E-state index in [1.165, 1.54) is 6.92 Å². The van der Waals surface area contributed by atoms with E-state index >= 15 is 0 Å². The standard InChI is InChI=1S/C31H46N12O4/c1-19(41-29(47)24(10-6-16-39-31(36)37)42-25(44)17-20-7-3-2-4-8-20)27(45)43-23(9-5-15-38-30(34)35)28(46)40-18-21-11-13-22(14-12-21)26(32)33/h2-4,7-8,11-14,19,23-24H,5-6,9-10,15-18H2,1H3,(H3,32,33)(H,40,46)(H,41,47)(H,42,44)(H,43,45)(H4,34,35,38)(H4,36,37,39)/t19-,23+,24+/m1/s1. The van der Waals surface area contributed by atoms with Crippen LogP contribution < -0.4 is 49.9 Å². The molecule has 0 bridgehead atoms. The quantitative estimate of drug-likeness (QED) is 0.0475. The first-order valence-corrected chi connectivity index (χ1v) is 15.1. The zero-order valence-electron chi connectivity index (χ0n) is 26.5. The van der Waals surface area contributed by atoms with Crippen molar-refractivity contribution in [3.63, 3.8) is 0 Å². The van der Waals surface area contributed by atoms with Gasteiger partial charge in [-0.3, -0.25) is 34.6 Å². The molecule has 0 aliphatic rings. The average Bonchev–Trinajstić information content (AvgIpc) is 3.02. The van der Waals surface area contributed by atoms with Gasteiger partial charge in [0.15, 0.2) is 11.9 Å². The van der Waals surface area contributed by atoms with E-state index in [0.717, 1.165) is 11.1 Å². The van der Waals surface area contributed by atoms with Gasteiger partial charge < -0.3 is 49.9 Å². The molecule has 0 aromatic heterocycles. The second-order valence-corrected chi connectivity index (χ2v) is 10.8. The molecule has 0 aliphatic heterocycles. The van der Waals surface area contributed by atoms with Crippen molar-refractivity contribution in [2.24, 2.45) is 38.7 Å². The van der Waals surface area contributed by atoms with Crippen molar-refractivity contribution in [2.45, 2.75) is 63.7 Å². The molecular weight excluding hydrogens is 604 g/mol. The molecule has 0 saturated heterocycles. The Kier molecular flexibility index (Phi) is 15.7. The Labute approximate surface area is 273 Å². The number of carbonyl (C=O) groups is 4. The molecule has 0 heterocycles. The molecule has 0 spiro atoms. The summed E-state index contributed by atoms with van der Waals surface area (Å²) in [4.78, 5) is 60.2. The molecule has 16 heteroatoms. The number of nitrogens with zero attached hydrogens (tertiary/aromatic N) is 2. The average molecular weight is 651 g/mol. The molecule has 15 N–H and O–H groups in total. The van der Waals surface area contributed by atoms with E-state index in [9.17, 15) is 19.2 Å². The van der Waals surface area contributed by atoms with Gasteiger partial charge in [0.05, 0.1) is 6.42 Å². The Bertz CT molecular complexity index is 1410. The summed E-state index contributed by atoms with van der Waals surface area (Å²) < 4.78 is 0. The number of hydrogen-bond donors (Lipinski definition) is 10. The molecule has 4 amide bonds. The molecule has 0 saturated carbocycles. The summed E-state index contributed by atoms with van der Waals surface area (Å²) >= 11 is 0. The summed E-state index contributed by atoms with van der Waals surface area (Å²) in [5.74, 6) is -2.28. The molecule has 0 aliphatic carbocycles. The van der Waals surface area contributed by atoms with E-state index in [4.69, 9.17) is 34.1 Å². The molecule has 2 aromatic rings. The maximum Gasteiger partial charge on any atom is 0.243 e. The predicted molar refractivity (Wildman–Crippen MR) is 181 cm³/mol. The van der Waals surface area contributed by atoms with E-state index < -0.39 is 35.8 Å². The molecule has 0 radical (unpaired) electrons. The topological polar surface area (TPSA) is 295 Å². The molecule has 2 rings (SSSR count). The number of carbonyl (C=O) groups excluding carboxylic acids is 4. The smallest absolute Gasteiger partial charge is 0.243 e. The minimum Gasteiger partial charge on any atom is -0.384 e. The van der Waals surface area contributed by atoms with Crippen molar-refractivity contribution in [1.29, 1.82) is 5.41 Å². The van der Waals surface area contributed by atoms with Crippen LogP contribution in [-0.4, -0.2) is 72.6 Å².